The van der Waals surface area contributed by atoms with E-state index in [9.17, 15) is 0 Å². The molecule has 1 aliphatic heterocycles. The van der Waals surface area contributed by atoms with Crippen LogP contribution in [0.2, 0.25) is 0 Å². The fourth-order valence-corrected chi connectivity index (χ4v) is 1.96. The number of aliphatic imine (C=N–C) groups is 1. The number of nitrogens with zero attached hydrogens (tertiary/aromatic N) is 3. The number of hydrogen-bond acceptors (Lipinski definition) is 5. The first-order valence-corrected chi connectivity index (χ1v) is 6.52. The Morgan fingerprint density at radius 1 is 1.58 bits per heavy atom. The van der Waals surface area contributed by atoms with E-state index in [1.165, 1.54) is 0 Å². The number of fused-ring (bicyclic) bond motifs is 1. The molecule has 19 heavy (non-hydrogen) atoms. The summed E-state index contributed by atoms with van der Waals surface area (Å²) < 4.78 is 0. The Hall–Kier alpha value is -2.04. The predicted molar refractivity (Wildman–Crippen MR) is 81.8 cm³/mol. The minimum absolute atomic E-state index is 0.247. The van der Waals surface area contributed by atoms with Gasteiger partial charge in [-0.1, -0.05) is 0 Å². The van der Waals surface area contributed by atoms with Crippen molar-refractivity contribution in [3.8, 4) is 0 Å². The molecule has 0 spiro atoms. The lowest BCUT2D eigenvalue weighted by Crippen LogP contribution is -2.30. The van der Waals surface area contributed by atoms with Gasteiger partial charge in [-0.15, -0.1) is 0 Å². The van der Waals surface area contributed by atoms with Gasteiger partial charge in [0.05, 0.1) is 23.3 Å². The molecule has 5 heteroatoms. The van der Waals surface area contributed by atoms with E-state index < -0.39 is 0 Å². The maximum atomic E-state index is 5.68. The summed E-state index contributed by atoms with van der Waals surface area (Å²) in [6.07, 6.45) is 5.19. The average molecular weight is 259 g/mol. The van der Waals surface area contributed by atoms with Crippen molar-refractivity contribution < 1.29 is 0 Å². The number of aromatic nitrogens is 1. The molecule has 0 unspecified atom stereocenters. The topological polar surface area (TPSA) is 66.5 Å². The number of nitrogens with one attached hydrogen (secondary N) is 1. The fraction of sp³-hybridized carbons (Fsp3) is 0.429. The van der Waals surface area contributed by atoms with Gasteiger partial charge in [-0.05, 0) is 19.9 Å². The summed E-state index contributed by atoms with van der Waals surface area (Å²) in [4.78, 5) is 11.0. The third kappa shape index (κ3) is 3.05. The minimum Gasteiger partial charge on any atom is -0.404 e. The van der Waals surface area contributed by atoms with Gasteiger partial charge in [-0.2, -0.15) is 0 Å². The Bertz CT molecular complexity index is 505. The SMILES string of the molecule is CC(C)N=C/C(=C\N)c1cc2c(cn1)NCCN2C. The second-order valence-corrected chi connectivity index (χ2v) is 4.93. The van der Waals surface area contributed by atoms with Crippen molar-refractivity contribution in [1.29, 1.82) is 0 Å². The smallest absolute Gasteiger partial charge is 0.0765 e. The van der Waals surface area contributed by atoms with Crippen LogP contribution < -0.4 is 16.0 Å². The molecule has 0 aliphatic carbocycles. The summed E-state index contributed by atoms with van der Waals surface area (Å²) >= 11 is 0. The maximum absolute atomic E-state index is 5.68. The van der Waals surface area contributed by atoms with Crippen molar-refractivity contribution >= 4 is 23.2 Å². The van der Waals surface area contributed by atoms with Crippen molar-refractivity contribution in [1.82, 2.24) is 4.98 Å². The Morgan fingerprint density at radius 2 is 2.37 bits per heavy atom. The zero-order chi connectivity index (χ0) is 13.8. The van der Waals surface area contributed by atoms with Gasteiger partial charge in [0.25, 0.3) is 0 Å². The molecule has 0 radical (unpaired) electrons. The van der Waals surface area contributed by atoms with Crippen molar-refractivity contribution in [2.75, 3.05) is 30.4 Å². The lowest BCUT2D eigenvalue weighted by atomic mass is 10.1. The van der Waals surface area contributed by atoms with Crippen LogP contribution in [0.3, 0.4) is 0 Å². The number of likely N-dealkylation sites (N-methyl/N-ethyl adjacent to an activating group) is 1. The molecule has 0 bridgehead atoms. The highest BCUT2D eigenvalue weighted by molar-refractivity contribution is 6.09. The zero-order valence-electron chi connectivity index (χ0n) is 11.7. The molecule has 0 saturated carbocycles. The van der Waals surface area contributed by atoms with E-state index in [2.05, 4.69) is 27.2 Å². The Labute approximate surface area is 114 Å². The van der Waals surface area contributed by atoms with Gasteiger partial charge in [0.15, 0.2) is 0 Å². The fourth-order valence-electron chi connectivity index (χ4n) is 1.96. The van der Waals surface area contributed by atoms with Crippen LogP contribution in [0.1, 0.15) is 19.5 Å². The molecule has 0 aromatic carbocycles. The summed E-state index contributed by atoms with van der Waals surface area (Å²) in [5, 5.41) is 3.34. The first kappa shape index (κ1) is 13.4. The number of allylic oxidation sites excluding steroid dienone is 1. The third-order valence-electron chi connectivity index (χ3n) is 3.04. The molecule has 5 nitrogen and oxygen atoms in total. The molecule has 1 aliphatic rings. The van der Waals surface area contributed by atoms with Gasteiger partial charge in [0.2, 0.25) is 0 Å². The van der Waals surface area contributed by atoms with Gasteiger partial charge in [-0.25, -0.2) is 0 Å². The summed E-state index contributed by atoms with van der Waals surface area (Å²) in [6, 6.07) is 2.30. The standard InChI is InChI=1S/C14H21N5/c1-10(2)17-8-11(7-15)12-6-14-13(9-18-12)16-4-5-19(14)3/h6-10,16H,4-5,15H2,1-3H3/b11-7+,17-8?. The highest BCUT2D eigenvalue weighted by Crippen LogP contribution is 2.29. The maximum Gasteiger partial charge on any atom is 0.0765 e. The van der Waals surface area contributed by atoms with Crippen LogP contribution >= 0.6 is 0 Å². The largest absolute Gasteiger partial charge is 0.404 e. The van der Waals surface area contributed by atoms with Gasteiger partial charge in [-0.3, -0.25) is 9.98 Å². The summed E-state index contributed by atoms with van der Waals surface area (Å²) in [7, 11) is 2.08. The van der Waals surface area contributed by atoms with Gasteiger partial charge in [0.1, 0.15) is 0 Å². The van der Waals surface area contributed by atoms with Crippen LogP contribution in [0.5, 0.6) is 0 Å². The molecule has 2 heterocycles. The number of hydrogen-bond donors (Lipinski definition) is 2. The second kappa shape index (κ2) is 5.73. The molecule has 0 saturated heterocycles. The molecule has 2 rings (SSSR count). The quantitative estimate of drug-likeness (QED) is 0.811. The van der Waals surface area contributed by atoms with E-state index in [0.717, 1.165) is 35.7 Å². The first-order valence-electron chi connectivity index (χ1n) is 6.52. The highest BCUT2D eigenvalue weighted by Gasteiger charge is 2.14. The number of pyridine rings is 1. The molecule has 1 aromatic rings. The number of nitrogens with two attached hydrogens (primary N) is 1. The monoisotopic (exact) mass is 259 g/mol. The van der Waals surface area contributed by atoms with E-state index in [4.69, 9.17) is 5.73 Å². The van der Waals surface area contributed by atoms with Crippen LogP contribution in [0.15, 0.2) is 23.5 Å². The zero-order valence-corrected chi connectivity index (χ0v) is 11.7. The second-order valence-electron chi connectivity index (χ2n) is 4.93. The normalized spacial score (nSPS) is 15.8. The first-order chi connectivity index (χ1) is 9.11. The van der Waals surface area contributed by atoms with Crippen LogP contribution in [-0.2, 0) is 0 Å². The minimum atomic E-state index is 0.247. The van der Waals surface area contributed by atoms with E-state index in [1.807, 2.05) is 26.1 Å². The molecule has 1 aromatic heterocycles. The molecule has 102 valence electrons. The highest BCUT2D eigenvalue weighted by atomic mass is 15.2. The lowest BCUT2D eigenvalue weighted by Gasteiger charge is -2.28. The Kier molecular flexibility index (Phi) is 4.04. The number of anilines is 2. The van der Waals surface area contributed by atoms with Crippen LogP contribution in [0, 0.1) is 0 Å². The van der Waals surface area contributed by atoms with Gasteiger partial charge < -0.3 is 16.0 Å². The molecular weight excluding hydrogens is 238 g/mol. The van der Waals surface area contributed by atoms with Crippen molar-refractivity contribution in [2.45, 2.75) is 19.9 Å². The number of rotatable bonds is 3. The van der Waals surface area contributed by atoms with Crippen molar-refractivity contribution in [2.24, 2.45) is 10.7 Å². The summed E-state index contributed by atoms with van der Waals surface area (Å²) in [5.74, 6) is 0. The van der Waals surface area contributed by atoms with E-state index in [1.54, 1.807) is 12.4 Å². The van der Waals surface area contributed by atoms with Crippen molar-refractivity contribution in [3.05, 3.63) is 24.2 Å². The van der Waals surface area contributed by atoms with Gasteiger partial charge >= 0.3 is 0 Å². The van der Waals surface area contributed by atoms with Crippen LogP contribution in [0.25, 0.3) is 5.57 Å². The van der Waals surface area contributed by atoms with E-state index >= 15 is 0 Å². The van der Waals surface area contributed by atoms with Gasteiger partial charge in [0, 0.05) is 44.2 Å². The lowest BCUT2D eigenvalue weighted by molar-refractivity contribution is 0.842. The van der Waals surface area contributed by atoms with Crippen LogP contribution in [-0.4, -0.2) is 37.4 Å². The van der Waals surface area contributed by atoms with E-state index in [0.29, 0.717) is 0 Å². The van der Waals surface area contributed by atoms with E-state index in [-0.39, 0.29) is 6.04 Å². The third-order valence-corrected chi connectivity index (χ3v) is 3.04. The molecule has 0 atom stereocenters. The summed E-state index contributed by atoms with van der Waals surface area (Å²) in [5.41, 5.74) is 9.58. The average Bonchev–Trinajstić information content (AvgIpc) is 2.40. The van der Waals surface area contributed by atoms with Crippen molar-refractivity contribution in [3.63, 3.8) is 0 Å². The van der Waals surface area contributed by atoms with Crippen LogP contribution in [0.4, 0.5) is 11.4 Å². The molecule has 0 amide bonds. The summed E-state index contributed by atoms with van der Waals surface area (Å²) in [6.45, 7) is 5.99. The Balaban J connectivity index is 2.32. The molecule has 3 N–H and O–H groups in total. The Morgan fingerprint density at radius 3 is 3.05 bits per heavy atom. The predicted octanol–water partition coefficient (Wildman–Crippen LogP) is 1.72. The molecular formula is C14H21N5. The molecule has 0 fully saturated rings.